The number of ether oxygens (including phenoxy) is 1. The monoisotopic (exact) mass is 295 g/mol. The van der Waals surface area contributed by atoms with Crippen LogP contribution in [0.15, 0.2) is 11.4 Å². The SMILES string of the molecule is CC[C@H](C)Sc1nnc(-c2cn(C)nc2OC)n1CC. The van der Waals surface area contributed by atoms with Crippen molar-refractivity contribution in [2.45, 2.75) is 44.1 Å². The molecule has 6 nitrogen and oxygen atoms in total. The molecule has 0 N–H and O–H groups in total. The largest absolute Gasteiger partial charge is 0.479 e. The third kappa shape index (κ3) is 2.82. The summed E-state index contributed by atoms with van der Waals surface area (Å²) in [5, 5.41) is 14.4. The number of thioether (sulfide) groups is 1. The minimum Gasteiger partial charge on any atom is -0.479 e. The van der Waals surface area contributed by atoms with Gasteiger partial charge in [-0.1, -0.05) is 25.6 Å². The van der Waals surface area contributed by atoms with Crippen LogP contribution >= 0.6 is 11.8 Å². The molecule has 20 heavy (non-hydrogen) atoms. The molecular formula is C13H21N5OS. The van der Waals surface area contributed by atoms with E-state index in [1.807, 2.05) is 13.2 Å². The second kappa shape index (κ2) is 6.30. The van der Waals surface area contributed by atoms with Gasteiger partial charge in [0.25, 0.3) is 0 Å². The van der Waals surface area contributed by atoms with E-state index in [-0.39, 0.29) is 0 Å². The minimum atomic E-state index is 0.521. The summed E-state index contributed by atoms with van der Waals surface area (Å²) in [6.45, 7) is 7.29. The molecule has 2 rings (SSSR count). The van der Waals surface area contributed by atoms with E-state index in [1.54, 1.807) is 23.6 Å². The summed E-state index contributed by atoms with van der Waals surface area (Å²) < 4.78 is 9.15. The lowest BCUT2D eigenvalue weighted by Crippen LogP contribution is -2.02. The van der Waals surface area contributed by atoms with Gasteiger partial charge in [0, 0.05) is 25.0 Å². The first-order valence-electron chi connectivity index (χ1n) is 6.78. The number of aromatic nitrogens is 5. The Bertz CT molecular complexity index is 577. The van der Waals surface area contributed by atoms with Gasteiger partial charge in [0.1, 0.15) is 5.56 Å². The van der Waals surface area contributed by atoms with Crippen LogP contribution in [0.1, 0.15) is 27.2 Å². The van der Waals surface area contributed by atoms with E-state index in [9.17, 15) is 0 Å². The highest BCUT2D eigenvalue weighted by molar-refractivity contribution is 7.99. The van der Waals surface area contributed by atoms with Crippen molar-refractivity contribution < 1.29 is 4.74 Å². The van der Waals surface area contributed by atoms with E-state index in [1.165, 1.54) is 0 Å². The lowest BCUT2D eigenvalue weighted by molar-refractivity contribution is 0.393. The molecule has 0 aliphatic heterocycles. The van der Waals surface area contributed by atoms with E-state index in [0.717, 1.165) is 29.5 Å². The van der Waals surface area contributed by atoms with Crippen LogP contribution < -0.4 is 4.74 Å². The fourth-order valence-corrected chi connectivity index (χ4v) is 2.85. The number of hydrogen-bond donors (Lipinski definition) is 0. The van der Waals surface area contributed by atoms with Crippen LogP contribution in [0.2, 0.25) is 0 Å². The van der Waals surface area contributed by atoms with Gasteiger partial charge in [0.2, 0.25) is 5.88 Å². The highest BCUT2D eigenvalue weighted by Crippen LogP contribution is 2.31. The normalized spacial score (nSPS) is 12.7. The molecule has 2 aromatic heterocycles. The summed E-state index contributed by atoms with van der Waals surface area (Å²) in [5.41, 5.74) is 0.875. The van der Waals surface area contributed by atoms with E-state index in [2.05, 4.69) is 40.6 Å². The molecule has 2 aromatic rings. The maximum atomic E-state index is 5.31. The number of rotatable bonds is 6. The highest BCUT2D eigenvalue weighted by atomic mass is 32.2. The molecular weight excluding hydrogens is 274 g/mol. The van der Waals surface area contributed by atoms with E-state index in [4.69, 9.17) is 4.74 Å². The summed E-state index contributed by atoms with van der Waals surface area (Å²) in [5.74, 6) is 1.39. The summed E-state index contributed by atoms with van der Waals surface area (Å²) in [7, 11) is 3.49. The van der Waals surface area contributed by atoms with Gasteiger partial charge in [-0.3, -0.25) is 4.68 Å². The molecule has 0 spiro atoms. The zero-order chi connectivity index (χ0) is 14.7. The molecule has 110 valence electrons. The fourth-order valence-electron chi connectivity index (χ4n) is 1.90. The van der Waals surface area contributed by atoms with Crippen molar-refractivity contribution in [3.8, 4) is 17.3 Å². The first kappa shape index (κ1) is 14.9. The molecule has 0 fully saturated rings. The van der Waals surface area contributed by atoms with Crippen molar-refractivity contribution in [1.82, 2.24) is 24.5 Å². The molecule has 0 radical (unpaired) electrons. The summed E-state index contributed by atoms with van der Waals surface area (Å²) in [6.07, 6.45) is 3.01. The molecule has 0 unspecified atom stereocenters. The van der Waals surface area contributed by atoms with Gasteiger partial charge in [-0.2, -0.15) is 0 Å². The minimum absolute atomic E-state index is 0.521. The highest BCUT2D eigenvalue weighted by Gasteiger charge is 2.20. The molecule has 0 bridgehead atoms. The Morgan fingerprint density at radius 1 is 1.35 bits per heavy atom. The first-order chi connectivity index (χ1) is 9.60. The molecule has 2 heterocycles. The summed E-state index contributed by atoms with van der Waals surface area (Å²) >= 11 is 1.75. The van der Waals surface area contributed by atoms with Crippen molar-refractivity contribution >= 4 is 11.8 Å². The second-order valence-electron chi connectivity index (χ2n) is 4.61. The van der Waals surface area contributed by atoms with Gasteiger partial charge in [-0.25, -0.2) is 0 Å². The van der Waals surface area contributed by atoms with Crippen LogP contribution in [0.25, 0.3) is 11.4 Å². The van der Waals surface area contributed by atoms with Gasteiger partial charge in [-0.15, -0.1) is 15.3 Å². The Balaban J connectivity index is 2.41. The predicted molar refractivity (Wildman–Crippen MR) is 80.1 cm³/mol. The molecule has 7 heteroatoms. The maximum Gasteiger partial charge on any atom is 0.243 e. The van der Waals surface area contributed by atoms with E-state index >= 15 is 0 Å². The predicted octanol–water partition coefficient (Wildman–Crippen LogP) is 2.60. The molecule has 0 aliphatic carbocycles. The first-order valence-corrected chi connectivity index (χ1v) is 7.66. The van der Waals surface area contributed by atoms with Crippen LogP contribution in [0.4, 0.5) is 0 Å². The lowest BCUT2D eigenvalue weighted by atomic mass is 10.3. The Morgan fingerprint density at radius 3 is 2.70 bits per heavy atom. The van der Waals surface area contributed by atoms with Crippen molar-refractivity contribution in [2.24, 2.45) is 7.05 Å². The fraction of sp³-hybridized carbons (Fsp3) is 0.615. The average Bonchev–Trinajstić information content (AvgIpc) is 3.01. The quantitative estimate of drug-likeness (QED) is 0.767. The van der Waals surface area contributed by atoms with Crippen molar-refractivity contribution in [3.05, 3.63) is 6.20 Å². The third-order valence-corrected chi connectivity index (χ3v) is 4.39. The third-order valence-electron chi connectivity index (χ3n) is 3.14. The number of methoxy groups -OCH3 is 1. The van der Waals surface area contributed by atoms with E-state index < -0.39 is 0 Å². The van der Waals surface area contributed by atoms with Gasteiger partial charge >= 0.3 is 0 Å². The summed E-state index contributed by atoms with van der Waals surface area (Å²) in [4.78, 5) is 0. The smallest absolute Gasteiger partial charge is 0.243 e. The molecule has 0 aromatic carbocycles. The molecule has 0 saturated heterocycles. The zero-order valence-corrected chi connectivity index (χ0v) is 13.4. The standard InChI is InChI=1S/C13H21N5OS/c1-6-9(3)20-13-15-14-11(18(13)7-2)10-8-17(4)16-12(10)19-5/h8-9H,6-7H2,1-5H3/t9-/m0/s1. The van der Waals surface area contributed by atoms with Crippen LogP contribution in [-0.4, -0.2) is 36.9 Å². The van der Waals surface area contributed by atoms with Crippen LogP contribution in [-0.2, 0) is 13.6 Å². The molecule has 0 aliphatic rings. The zero-order valence-electron chi connectivity index (χ0n) is 12.6. The maximum absolute atomic E-state index is 5.31. The van der Waals surface area contributed by atoms with Crippen LogP contribution in [0.3, 0.4) is 0 Å². The number of hydrogen-bond acceptors (Lipinski definition) is 5. The van der Waals surface area contributed by atoms with Crippen molar-refractivity contribution in [3.63, 3.8) is 0 Å². The Morgan fingerprint density at radius 2 is 2.10 bits per heavy atom. The van der Waals surface area contributed by atoms with Gasteiger partial charge in [-0.05, 0) is 13.3 Å². The lowest BCUT2D eigenvalue weighted by Gasteiger charge is -2.09. The van der Waals surface area contributed by atoms with Crippen LogP contribution in [0, 0.1) is 0 Å². The average molecular weight is 295 g/mol. The van der Waals surface area contributed by atoms with Gasteiger partial charge < -0.3 is 9.30 Å². The molecule has 0 amide bonds. The number of aryl methyl sites for hydroxylation is 1. The number of nitrogens with zero attached hydrogens (tertiary/aromatic N) is 5. The molecule has 1 atom stereocenters. The second-order valence-corrected chi connectivity index (χ2v) is 6.02. The Kier molecular flexibility index (Phi) is 4.69. The Labute approximate surface area is 123 Å². The van der Waals surface area contributed by atoms with Crippen molar-refractivity contribution in [2.75, 3.05) is 7.11 Å². The Hall–Kier alpha value is -1.50. The van der Waals surface area contributed by atoms with Crippen LogP contribution in [0.5, 0.6) is 5.88 Å². The topological polar surface area (TPSA) is 57.8 Å². The van der Waals surface area contributed by atoms with Crippen molar-refractivity contribution in [1.29, 1.82) is 0 Å². The summed E-state index contributed by atoms with van der Waals surface area (Å²) in [6, 6.07) is 0. The molecule has 0 saturated carbocycles. The van der Waals surface area contributed by atoms with Gasteiger partial charge in [0.15, 0.2) is 11.0 Å². The van der Waals surface area contributed by atoms with E-state index in [0.29, 0.717) is 11.1 Å². The van der Waals surface area contributed by atoms with Gasteiger partial charge in [0.05, 0.1) is 7.11 Å².